The maximum Gasteiger partial charge on any atom is 0.164 e. The minimum absolute atomic E-state index is 0.610. The lowest BCUT2D eigenvalue weighted by Gasteiger charge is -2.12. The molecular weight excluding hydrogens is 611 g/mol. The number of hydrogen-bond donors (Lipinski definition) is 0. The summed E-state index contributed by atoms with van der Waals surface area (Å²) in [4.78, 5) is 20.2. The number of nitrogens with zero attached hydrogens (tertiary/aromatic N) is 5. The van der Waals surface area contributed by atoms with Gasteiger partial charge in [0.1, 0.15) is 5.82 Å². The largest absolute Gasteiger partial charge is 0.292 e. The van der Waals surface area contributed by atoms with Crippen LogP contribution in [-0.4, -0.2) is 24.5 Å². The predicted molar refractivity (Wildman–Crippen MR) is 205 cm³/mol. The third-order valence-corrected chi connectivity index (χ3v) is 9.31. The zero-order chi connectivity index (χ0) is 33.9. The number of hydrogen-bond acceptors (Lipinski definition) is 4. The highest BCUT2D eigenvalue weighted by atomic mass is 15.1. The Hall–Kier alpha value is -6.20. The molecule has 5 nitrogen and oxygen atoms in total. The Labute approximate surface area is 293 Å². The summed E-state index contributed by atoms with van der Waals surface area (Å²) in [7, 11) is 0. The monoisotopic (exact) mass is 647 g/mol. The van der Waals surface area contributed by atoms with E-state index in [0.717, 1.165) is 63.2 Å². The number of imidazole rings is 1. The third kappa shape index (κ3) is 6.34. The highest BCUT2D eigenvalue weighted by Crippen LogP contribution is 2.33. The number of para-hydroxylation sites is 1. The zero-order valence-corrected chi connectivity index (χ0v) is 28.2. The van der Waals surface area contributed by atoms with Crippen molar-refractivity contribution in [3.63, 3.8) is 0 Å². The standard InChI is InChI=1S/C45H37N5/c1-3-31(2)28-32-14-13-19-38(29-32)44-48-42(34-17-9-5-10-18-34)47-43(49-44)35-22-24-36(25-23-35)45-46-40-30-37(33-15-7-4-8-16-33)26-27-41(40)50(45)39-20-11-6-12-21-39/h4-27,29-31H,3,28H2,1-2H3. The molecule has 242 valence electrons. The lowest BCUT2D eigenvalue weighted by molar-refractivity contribution is 0.560. The van der Waals surface area contributed by atoms with Crippen LogP contribution in [0.3, 0.4) is 0 Å². The Morgan fingerprint density at radius 3 is 1.68 bits per heavy atom. The molecule has 8 rings (SSSR count). The molecule has 0 aliphatic rings. The zero-order valence-electron chi connectivity index (χ0n) is 28.2. The van der Waals surface area contributed by atoms with Crippen LogP contribution in [0.15, 0.2) is 158 Å². The molecule has 0 amide bonds. The fraction of sp³-hybridized carbons (Fsp3) is 0.111. The number of fused-ring (bicyclic) bond motifs is 1. The van der Waals surface area contributed by atoms with E-state index < -0.39 is 0 Å². The summed E-state index contributed by atoms with van der Waals surface area (Å²) < 4.78 is 2.24. The molecule has 0 bridgehead atoms. The van der Waals surface area contributed by atoms with Crippen LogP contribution >= 0.6 is 0 Å². The van der Waals surface area contributed by atoms with Gasteiger partial charge in [-0.2, -0.15) is 0 Å². The SMILES string of the molecule is CCC(C)Cc1cccc(-c2nc(-c3ccccc3)nc(-c3ccc(-c4nc5cc(-c6ccccc6)ccc5n4-c4ccccc4)cc3)n2)c1. The van der Waals surface area contributed by atoms with E-state index >= 15 is 0 Å². The molecule has 0 aliphatic heterocycles. The molecule has 50 heavy (non-hydrogen) atoms. The fourth-order valence-corrected chi connectivity index (χ4v) is 6.43. The van der Waals surface area contributed by atoms with E-state index in [1.54, 1.807) is 0 Å². The van der Waals surface area contributed by atoms with Crippen LogP contribution in [0.25, 0.3) is 73.4 Å². The second kappa shape index (κ2) is 13.7. The second-order valence-corrected chi connectivity index (χ2v) is 12.8. The smallest absolute Gasteiger partial charge is 0.164 e. The summed E-state index contributed by atoms with van der Waals surface area (Å²) in [5.74, 6) is 3.45. The molecule has 0 aliphatic carbocycles. The molecule has 0 N–H and O–H groups in total. The van der Waals surface area contributed by atoms with Crippen molar-refractivity contribution in [3.8, 4) is 62.4 Å². The quantitative estimate of drug-likeness (QED) is 0.156. The van der Waals surface area contributed by atoms with E-state index in [1.165, 1.54) is 11.1 Å². The van der Waals surface area contributed by atoms with Gasteiger partial charge in [-0.25, -0.2) is 19.9 Å². The van der Waals surface area contributed by atoms with Gasteiger partial charge < -0.3 is 0 Å². The molecule has 1 atom stereocenters. The van der Waals surface area contributed by atoms with E-state index in [0.29, 0.717) is 23.4 Å². The summed E-state index contributed by atoms with van der Waals surface area (Å²) in [5.41, 5.74) is 10.5. The van der Waals surface area contributed by atoms with Gasteiger partial charge >= 0.3 is 0 Å². The van der Waals surface area contributed by atoms with Crippen molar-refractivity contribution < 1.29 is 0 Å². The van der Waals surface area contributed by atoms with Gasteiger partial charge in [0, 0.05) is 27.9 Å². The van der Waals surface area contributed by atoms with Crippen molar-refractivity contribution in [1.82, 2.24) is 24.5 Å². The highest BCUT2D eigenvalue weighted by molar-refractivity contribution is 5.87. The lowest BCUT2D eigenvalue weighted by atomic mass is 9.97. The first kappa shape index (κ1) is 31.1. The van der Waals surface area contributed by atoms with E-state index in [2.05, 4.69) is 134 Å². The molecule has 5 heteroatoms. The van der Waals surface area contributed by atoms with Crippen molar-refractivity contribution in [3.05, 3.63) is 163 Å². The molecule has 6 aromatic carbocycles. The van der Waals surface area contributed by atoms with Crippen molar-refractivity contribution in [2.75, 3.05) is 0 Å². The Morgan fingerprint density at radius 2 is 1.02 bits per heavy atom. The normalized spacial score (nSPS) is 11.9. The van der Waals surface area contributed by atoms with Gasteiger partial charge in [0.2, 0.25) is 0 Å². The summed E-state index contributed by atoms with van der Waals surface area (Å²) in [5, 5.41) is 0. The topological polar surface area (TPSA) is 56.5 Å². The Kier molecular flexibility index (Phi) is 8.54. The Bertz CT molecular complexity index is 2380. The van der Waals surface area contributed by atoms with Crippen LogP contribution in [0.5, 0.6) is 0 Å². The van der Waals surface area contributed by atoms with E-state index in [9.17, 15) is 0 Å². The molecule has 0 spiro atoms. The average molecular weight is 648 g/mol. The molecule has 0 radical (unpaired) electrons. The lowest BCUT2D eigenvalue weighted by Crippen LogP contribution is -2.02. The van der Waals surface area contributed by atoms with Gasteiger partial charge in [-0.1, -0.05) is 148 Å². The van der Waals surface area contributed by atoms with Crippen LogP contribution in [-0.2, 0) is 6.42 Å². The van der Waals surface area contributed by atoms with Gasteiger partial charge in [0.15, 0.2) is 17.5 Å². The number of benzene rings is 6. The van der Waals surface area contributed by atoms with Crippen molar-refractivity contribution in [2.45, 2.75) is 26.7 Å². The molecule has 2 aromatic heterocycles. The van der Waals surface area contributed by atoms with Crippen molar-refractivity contribution in [2.24, 2.45) is 5.92 Å². The van der Waals surface area contributed by atoms with Gasteiger partial charge in [0.25, 0.3) is 0 Å². The summed E-state index contributed by atoms with van der Waals surface area (Å²) in [6, 6.07) is 54.5. The first-order valence-corrected chi connectivity index (χ1v) is 17.3. The molecular formula is C45H37N5. The minimum Gasteiger partial charge on any atom is -0.292 e. The molecule has 2 heterocycles. The van der Waals surface area contributed by atoms with Gasteiger partial charge in [-0.05, 0) is 59.4 Å². The highest BCUT2D eigenvalue weighted by Gasteiger charge is 2.17. The third-order valence-electron chi connectivity index (χ3n) is 9.31. The van der Waals surface area contributed by atoms with Crippen LogP contribution in [0.4, 0.5) is 0 Å². The Balaban J connectivity index is 1.21. The molecule has 8 aromatic rings. The summed E-state index contributed by atoms with van der Waals surface area (Å²) in [6.07, 6.45) is 2.17. The second-order valence-electron chi connectivity index (χ2n) is 12.8. The first-order valence-electron chi connectivity index (χ1n) is 17.3. The molecule has 1 unspecified atom stereocenters. The number of aromatic nitrogens is 5. The van der Waals surface area contributed by atoms with Gasteiger partial charge in [-0.15, -0.1) is 0 Å². The van der Waals surface area contributed by atoms with Crippen molar-refractivity contribution >= 4 is 11.0 Å². The van der Waals surface area contributed by atoms with Gasteiger partial charge in [-0.3, -0.25) is 4.57 Å². The summed E-state index contributed by atoms with van der Waals surface area (Å²) in [6.45, 7) is 4.53. The van der Waals surface area contributed by atoms with Gasteiger partial charge in [0.05, 0.1) is 11.0 Å². The van der Waals surface area contributed by atoms with E-state index in [1.807, 2.05) is 42.5 Å². The average Bonchev–Trinajstić information content (AvgIpc) is 3.58. The van der Waals surface area contributed by atoms with E-state index in [4.69, 9.17) is 19.9 Å². The maximum absolute atomic E-state index is 5.21. The Morgan fingerprint density at radius 1 is 0.480 bits per heavy atom. The number of rotatable bonds is 9. The van der Waals surface area contributed by atoms with Crippen LogP contribution < -0.4 is 0 Å². The molecule has 0 fully saturated rings. The first-order chi connectivity index (χ1) is 24.6. The maximum atomic E-state index is 5.21. The fourth-order valence-electron chi connectivity index (χ4n) is 6.43. The van der Waals surface area contributed by atoms with E-state index in [-0.39, 0.29) is 0 Å². The molecule has 0 saturated heterocycles. The van der Waals surface area contributed by atoms with Crippen LogP contribution in [0.1, 0.15) is 25.8 Å². The molecule has 0 saturated carbocycles. The van der Waals surface area contributed by atoms with Crippen LogP contribution in [0, 0.1) is 5.92 Å². The van der Waals surface area contributed by atoms with Crippen LogP contribution in [0.2, 0.25) is 0 Å². The summed E-state index contributed by atoms with van der Waals surface area (Å²) >= 11 is 0. The predicted octanol–water partition coefficient (Wildman–Crippen LogP) is 11.1. The van der Waals surface area contributed by atoms with Crippen molar-refractivity contribution in [1.29, 1.82) is 0 Å². The minimum atomic E-state index is 0.610.